The van der Waals surface area contributed by atoms with Crippen molar-refractivity contribution in [1.29, 1.82) is 0 Å². The van der Waals surface area contributed by atoms with Gasteiger partial charge in [0, 0.05) is 14.1 Å². The van der Waals surface area contributed by atoms with E-state index in [-0.39, 0.29) is 5.02 Å². The number of aromatic nitrogens is 2. The number of nitrogens with one attached hydrogen (secondary N) is 1. The van der Waals surface area contributed by atoms with Crippen molar-refractivity contribution in [3.8, 4) is 5.75 Å². The molecule has 140 valence electrons. The molecule has 0 unspecified atom stereocenters. The van der Waals surface area contributed by atoms with Gasteiger partial charge in [0.05, 0.1) is 33.9 Å². The Labute approximate surface area is 159 Å². The van der Waals surface area contributed by atoms with Crippen molar-refractivity contribution in [2.75, 3.05) is 11.9 Å². The number of benzene rings is 2. The first kappa shape index (κ1) is 18.7. The average molecular weight is 388 g/mol. The molecule has 0 fully saturated rings. The van der Waals surface area contributed by atoms with E-state index < -0.39 is 17.0 Å². The van der Waals surface area contributed by atoms with Gasteiger partial charge in [-0.2, -0.15) is 0 Å². The number of amides is 1. The Balaban J connectivity index is 2.08. The number of halogens is 1. The predicted molar refractivity (Wildman–Crippen MR) is 105 cm³/mol. The largest absolute Gasteiger partial charge is 0.493 e. The minimum atomic E-state index is -0.661. The molecule has 0 atom stereocenters. The number of aryl methyl sites for hydroxylation is 2. The fourth-order valence-electron chi connectivity index (χ4n) is 2.82. The third-order valence-corrected chi connectivity index (χ3v) is 4.57. The Hall–Kier alpha value is -3.06. The van der Waals surface area contributed by atoms with Crippen LogP contribution in [0.25, 0.3) is 11.0 Å². The number of para-hydroxylation sites is 1. The highest BCUT2D eigenvalue weighted by Gasteiger charge is 2.16. The molecular weight excluding hydrogens is 370 g/mol. The molecule has 3 rings (SSSR count). The molecule has 0 spiro atoms. The minimum absolute atomic E-state index is 0.249. The monoisotopic (exact) mass is 387 g/mol. The van der Waals surface area contributed by atoms with Crippen LogP contribution in [0.5, 0.6) is 5.75 Å². The van der Waals surface area contributed by atoms with Crippen LogP contribution >= 0.6 is 11.6 Å². The van der Waals surface area contributed by atoms with Crippen molar-refractivity contribution < 1.29 is 9.53 Å². The molecule has 0 radical (unpaired) electrons. The lowest BCUT2D eigenvalue weighted by Gasteiger charge is -2.14. The van der Waals surface area contributed by atoms with Gasteiger partial charge in [0.2, 0.25) is 0 Å². The van der Waals surface area contributed by atoms with E-state index in [0.29, 0.717) is 34.6 Å². The molecule has 0 aliphatic carbocycles. The van der Waals surface area contributed by atoms with Gasteiger partial charge in [-0.1, -0.05) is 23.7 Å². The molecule has 0 bridgehead atoms. The van der Waals surface area contributed by atoms with E-state index in [9.17, 15) is 14.4 Å². The van der Waals surface area contributed by atoms with Crippen molar-refractivity contribution in [3.63, 3.8) is 0 Å². The molecule has 1 N–H and O–H groups in total. The van der Waals surface area contributed by atoms with Crippen LogP contribution in [0.1, 0.15) is 17.3 Å². The lowest BCUT2D eigenvalue weighted by atomic mass is 10.1. The lowest BCUT2D eigenvalue weighted by molar-refractivity contribution is 0.102. The Morgan fingerprint density at radius 2 is 1.67 bits per heavy atom. The summed E-state index contributed by atoms with van der Waals surface area (Å²) in [6.45, 7) is 2.26. The second kappa shape index (κ2) is 7.28. The van der Waals surface area contributed by atoms with Crippen LogP contribution in [-0.2, 0) is 14.1 Å². The van der Waals surface area contributed by atoms with E-state index in [1.165, 1.54) is 23.2 Å². The van der Waals surface area contributed by atoms with Crippen LogP contribution in [0, 0.1) is 0 Å². The van der Waals surface area contributed by atoms with Crippen LogP contribution in [0.2, 0.25) is 5.02 Å². The van der Waals surface area contributed by atoms with Gasteiger partial charge in [-0.3, -0.25) is 14.4 Å². The average Bonchev–Trinajstić information content (AvgIpc) is 2.66. The fraction of sp³-hybridized carbons (Fsp3) is 0.211. The third-order valence-electron chi connectivity index (χ3n) is 4.26. The summed E-state index contributed by atoms with van der Waals surface area (Å²) >= 11 is 6.30. The normalized spacial score (nSPS) is 10.8. The van der Waals surface area contributed by atoms with E-state index in [2.05, 4.69) is 5.32 Å². The number of rotatable bonds is 4. The van der Waals surface area contributed by atoms with E-state index in [1.54, 1.807) is 36.4 Å². The van der Waals surface area contributed by atoms with Gasteiger partial charge >= 0.3 is 11.1 Å². The van der Waals surface area contributed by atoms with Crippen LogP contribution in [0.4, 0.5) is 5.69 Å². The molecule has 7 nitrogen and oxygen atoms in total. The molecule has 0 saturated carbocycles. The summed E-state index contributed by atoms with van der Waals surface area (Å²) in [6.07, 6.45) is 0. The standard InChI is InChI=1S/C19H18ClN3O4/c1-4-27-16-8-6-5-7-11(16)17(24)21-13-10-15-14(9-12(13)20)22(2)18(25)19(26)23(15)3/h5-10H,4H2,1-3H3,(H,21,24). The van der Waals surface area contributed by atoms with Gasteiger partial charge in [-0.05, 0) is 31.2 Å². The van der Waals surface area contributed by atoms with Crippen molar-refractivity contribution in [2.24, 2.45) is 14.1 Å². The van der Waals surface area contributed by atoms with E-state index in [0.717, 1.165) is 0 Å². The highest BCUT2D eigenvalue weighted by Crippen LogP contribution is 2.28. The number of carbonyl (C=O) groups is 1. The number of ether oxygens (including phenoxy) is 1. The first-order valence-electron chi connectivity index (χ1n) is 8.27. The number of nitrogens with zero attached hydrogens (tertiary/aromatic N) is 2. The summed E-state index contributed by atoms with van der Waals surface area (Å²) < 4.78 is 7.95. The van der Waals surface area contributed by atoms with Crippen molar-refractivity contribution >= 4 is 34.2 Å². The number of fused-ring (bicyclic) bond motifs is 1. The molecule has 8 heteroatoms. The molecule has 1 heterocycles. The molecule has 3 aromatic rings. The summed E-state index contributed by atoms with van der Waals surface area (Å²) in [4.78, 5) is 36.7. The Kier molecular flexibility index (Phi) is 5.05. The van der Waals surface area contributed by atoms with Gasteiger partial charge in [-0.15, -0.1) is 0 Å². The van der Waals surface area contributed by atoms with Gasteiger partial charge in [-0.25, -0.2) is 0 Å². The summed E-state index contributed by atoms with van der Waals surface area (Å²) in [5.74, 6) is 0.0688. The zero-order chi connectivity index (χ0) is 19.7. The minimum Gasteiger partial charge on any atom is -0.493 e. The number of hydrogen-bond donors (Lipinski definition) is 1. The van der Waals surface area contributed by atoms with Crippen LogP contribution in [-0.4, -0.2) is 21.6 Å². The van der Waals surface area contributed by atoms with Crippen molar-refractivity contribution in [2.45, 2.75) is 6.92 Å². The number of anilines is 1. The summed E-state index contributed by atoms with van der Waals surface area (Å²) in [7, 11) is 2.99. The molecule has 2 aromatic carbocycles. The molecule has 27 heavy (non-hydrogen) atoms. The Bertz CT molecular complexity index is 1160. The molecule has 1 amide bonds. The third kappa shape index (κ3) is 3.33. The lowest BCUT2D eigenvalue weighted by Crippen LogP contribution is -2.39. The number of hydrogen-bond acceptors (Lipinski definition) is 4. The van der Waals surface area contributed by atoms with E-state index >= 15 is 0 Å². The molecule has 1 aromatic heterocycles. The maximum absolute atomic E-state index is 12.7. The van der Waals surface area contributed by atoms with Crippen LogP contribution in [0.3, 0.4) is 0 Å². The van der Waals surface area contributed by atoms with Crippen LogP contribution < -0.4 is 21.2 Å². The second-order valence-corrected chi connectivity index (χ2v) is 6.34. The molecular formula is C19H18ClN3O4. The van der Waals surface area contributed by atoms with Crippen molar-refractivity contribution in [3.05, 3.63) is 67.7 Å². The first-order valence-corrected chi connectivity index (χ1v) is 8.65. The molecule has 0 aliphatic rings. The molecule has 0 saturated heterocycles. The second-order valence-electron chi connectivity index (χ2n) is 5.93. The summed E-state index contributed by atoms with van der Waals surface area (Å²) in [6, 6.07) is 9.98. The van der Waals surface area contributed by atoms with E-state index in [4.69, 9.17) is 16.3 Å². The maximum Gasteiger partial charge on any atom is 0.316 e. The fourth-order valence-corrected chi connectivity index (χ4v) is 3.02. The highest BCUT2D eigenvalue weighted by atomic mass is 35.5. The SMILES string of the molecule is CCOc1ccccc1C(=O)Nc1cc2c(cc1Cl)n(C)c(=O)c(=O)n2C. The zero-order valence-corrected chi connectivity index (χ0v) is 15.8. The quantitative estimate of drug-likeness (QED) is 0.697. The molecule has 0 aliphatic heterocycles. The maximum atomic E-state index is 12.7. The Morgan fingerprint density at radius 3 is 2.30 bits per heavy atom. The summed E-state index contributed by atoms with van der Waals surface area (Å²) in [5.41, 5.74) is 0.341. The van der Waals surface area contributed by atoms with Gasteiger partial charge in [0.25, 0.3) is 5.91 Å². The Morgan fingerprint density at radius 1 is 1.07 bits per heavy atom. The van der Waals surface area contributed by atoms with Gasteiger partial charge in [0.1, 0.15) is 5.75 Å². The predicted octanol–water partition coefficient (Wildman–Crippen LogP) is 2.54. The highest BCUT2D eigenvalue weighted by molar-refractivity contribution is 6.34. The van der Waals surface area contributed by atoms with E-state index in [1.807, 2.05) is 6.92 Å². The smallest absolute Gasteiger partial charge is 0.316 e. The topological polar surface area (TPSA) is 82.3 Å². The van der Waals surface area contributed by atoms with Gasteiger partial charge < -0.3 is 19.2 Å². The van der Waals surface area contributed by atoms with Crippen LogP contribution in [0.15, 0.2) is 46.0 Å². The van der Waals surface area contributed by atoms with Crippen molar-refractivity contribution in [1.82, 2.24) is 9.13 Å². The first-order chi connectivity index (χ1) is 12.8. The zero-order valence-electron chi connectivity index (χ0n) is 15.1. The number of carbonyl (C=O) groups excluding carboxylic acids is 1. The van der Waals surface area contributed by atoms with Gasteiger partial charge in [0.15, 0.2) is 0 Å². The summed E-state index contributed by atoms with van der Waals surface area (Å²) in [5, 5.41) is 2.99.